The number of ether oxygens (including phenoxy) is 1. The lowest BCUT2D eigenvalue weighted by atomic mass is 10.0. The van der Waals surface area contributed by atoms with Gasteiger partial charge in [0.05, 0.1) is 11.7 Å². The summed E-state index contributed by atoms with van der Waals surface area (Å²) in [6, 6.07) is 0. The number of hydrogen-bond acceptors (Lipinski definition) is 1. The maximum atomic E-state index is 5.68. The van der Waals surface area contributed by atoms with E-state index >= 15 is 0 Å². The Morgan fingerprint density at radius 3 is 1.66 bits per heavy atom. The van der Waals surface area contributed by atoms with Crippen LogP contribution in [0.5, 0.6) is 0 Å². The standard InChI is InChI=1S/C31H50O/c1-9-29(21-12-15-25(2)3)22-14-20-27(5)17-11-10-16-26(4)18-13-19-28(6)23-24-30-31(7,8)32-30/h9,15-17,19,22,30H,1,10-14,18,20-21,23-24H2,2-8H3/b26-16+,27-17+,28-19+,29-22+. The minimum Gasteiger partial charge on any atom is -0.367 e. The predicted octanol–water partition coefficient (Wildman–Crippen LogP) is 9.98. The third kappa shape index (κ3) is 13.7. The summed E-state index contributed by atoms with van der Waals surface area (Å²) in [7, 11) is 0. The SMILES string of the molecule is C=C/C(=C\CC/C(C)=C/CC/C=C(\C)CC/C=C(\C)CCC1OC1(C)C)CCC=C(C)C. The van der Waals surface area contributed by atoms with Crippen molar-refractivity contribution in [2.45, 2.75) is 124 Å². The molecular weight excluding hydrogens is 388 g/mol. The number of hydrogen-bond donors (Lipinski definition) is 0. The van der Waals surface area contributed by atoms with Crippen molar-refractivity contribution in [1.82, 2.24) is 0 Å². The van der Waals surface area contributed by atoms with Crippen LogP contribution in [0.2, 0.25) is 0 Å². The fourth-order valence-corrected chi connectivity index (χ4v) is 3.91. The van der Waals surface area contributed by atoms with Gasteiger partial charge in [-0.1, -0.05) is 70.9 Å². The van der Waals surface area contributed by atoms with Crippen LogP contribution < -0.4 is 0 Å². The molecule has 1 fully saturated rings. The van der Waals surface area contributed by atoms with Crippen LogP contribution >= 0.6 is 0 Å². The van der Waals surface area contributed by atoms with Crippen molar-refractivity contribution in [3.8, 4) is 0 Å². The average molecular weight is 439 g/mol. The average Bonchev–Trinajstić information content (AvgIpc) is 3.34. The number of epoxide rings is 1. The Kier molecular flexibility index (Phi) is 13.6. The van der Waals surface area contributed by atoms with E-state index in [9.17, 15) is 0 Å². The Morgan fingerprint density at radius 1 is 0.688 bits per heavy atom. The smallest absolute Gasteiger partial charge is 0.0892 e. The molecule has 1 aliphatic rings. The van der Waals surface area contributed by atoms with E-state index in [1.807, 2.05) is 6.08 Å². The van der Waals surface area contributed by atoms with Gasteiger partial charge in [0, 0.05) is 0 Å². The van der Waals surface area contributed by atoms with E-state index < -0.39 is 0 Å². The van der Waals surface area contributed by atoms with Crippen LogP contribution in [-0.2, 0) is 4.74 Å². The summed E-state index contributed by atoms with van der Waals surface area (Å²) < 4.78 is 5.68. The first-order valence-corrected chi connectivity index (χ1v) is 12.7. The van der Waals surface area contributed by atoms with Crippen molar-refractivity contribution in [2.75, 3.05) is 0 Å². The lowest BCUT2D eigenvalue weighted by Crippen LogP contribution is -2.02. The van der Waals surface area contributed by atoms with Gasteiger partial charge in [-0.15, -0.1) is 0 Å². The molecule has 0 aromatic rings. The van der Waals surface area contributed by atoms with Gasteiger partial charge in [-0.25, -0.2) is 0 Å². The first-order chi connectivity index (χ1) is 15.1. The molecule has 0 bridgehead atoms. The maximum absolute atomic E-state index is 5.68. The van der Waals surface area contributed by atoms with Gasteiger partial charge in [0.25, 0.3) is 0 Å². The molecule has 0 aromatic carbocycles. The second kappa shape index (κ2) is 15.3. The second-order valence-corrected chi connectivity index (χ2v) is 10.4. The molecule has 1 heterocycles. The van der Waals surface area contributed by atoms with Crippen molar-refractivity contribution < 1.29 is 4.74 Å². The third-order valence-corrected chi connectivity index (χ3v) is 6.34. The summed E-state index contributed by atoms with van der Waals surface area (Å²) in [4.78, 5) is 0. The van der Waals surface area contributed by atoms with Gasteiger partial charge in [-0.2, -0.15) is 0 Å². The Bertz CT molecular complexity index is 720. The molecule has 1 aliphatic heterocycles. The minimum atomic E-state index is 0.128. The highest BCUT2D eigenvalue weighted by Gasteiger charge is 2.46. The van der Waals surface area contributed by atoms with Crippen LogP contribution in [0.1, 0.15) is 113 Å². The quantitative estimate of drug-likeness (QED) is 0.101. The molecule has 1 saturated heterocycles. The normalized spacial score (nSPS) is 19.2. The van der Waals surface area contributed by atoms with E-state index in [1.54, 1.807) is 0 Å². The number of unbranched alkanes of at least 4 members (excludes halogenated alkanes) is 1. The lowest BCUT2D eigenvalue weighted by Gasteiger charge is -2.03. The van der Waals surface area contributed by atoms with E-state index in [0.29, 0.717) is 6.10 Å². The zero-order valence-electron chi connectivity index (χ0n) is 22.2. The molecule has 0 aromatic heterocycles. The van der Waals surface area contributed by atoms with Crippen LogP contribution in [0.15, 0.2) is 70.9 Å². The predicted molar refractivity (Wildman–Crippen MR) is 144 cm³/mol. The highest BCUT2D eigenvalue weighted by molar-refractivity contribution is 5.17. The first kappa shape index (κ1) is 28.4. The molecule has 32 heavy (non-hydrogen) atoms. The Balaban J connectivity index is 2.21. The molecule has 0 amide bonds. The molecule has 1 rings (SSSR count). The van der Waals surface area contributed by atoms with Crippen LogP contribution in [0.3, 0.4) is 0 Å². The van der Waals surface area contributed by atoms with Gasteiger partial charge in [-0.05, 0) is 113 Å². The lowest BCUT2D eigenvalue weighted by molar-refractivity contribution is 0.320. The minimum absolute atomic E-state index is 0.128. The van der Waals surface area contributed by atoms with Crippen LogP contribution in [0.25, 0.3) is 0 Å². The summed E-state index contributed by atoms with van der Waals surface area (Å²) in [6.07, 6.45) is 25.8. The third-order valence-electron chi connectivity index (χ3n) is 6.34. The zero-order chi connectivity index (χ0) is 24.0. The van der Waals surface area contributed by atoms with E-state index in [1.165, 1.54) is 40.7 Å². The van der Waals surface area contributed by atoms with Gasteiger partial charge in [0.15, 0.2) is 0 Å². The maximum Gasteiger partial charge on any atom is 0.0892 e. The van der Waals surface area contributed by atoms with E-state index in [-0.39, 0.29) is 5.60 Å². The molecule has 180 valence electrons. The molecule has 0 saturated carbocycles. The van der Waals surface area contributed by atoms with Crippen molar-refractivity contribution in [2.24, 2.45) is 0 Å². The molecule has 0 aliphatic carbocycles. The largest absolute Gasteiger partial charge is 0.367 e. The van der Waals surface area contributed by atoms with Crippen molar-refractivity contribution >= 4 is 0 Å². The van der Waals surface area contributed by atoms with E-state index in [0.717, 1.165) is 51.4 Å². The Hall–Kier alpha value is -1.60. The van der Waals surface area contributed by atoms with Crippen molar-refractivity contribution in [3.05, 3.63) is 70.9 Å². The fourth-order valence-electron chi connectivity index (χ4n) is 3.91. The molecule has 0 N–H and O–H groups in total. The van der Waals surface area contributed by atoms with Crippen LogP contribution in [-0.4, -0.2) is 11.7 Å². The van der Waals surface area contributed by atoms with E-state index in [4.69, 9.17) is 4.74 Å². The summed E-state index contributed by atoms with van der Waals surface area (Å²) in [5.41, 5.74) is 7.43. The van der Waals surface area contributed by atoms with Gasteiger partial charge in [0.2, 0.25) is 0 Å². The number of rotatable bonds is 16. The molecular formula is C31H50O. The molecule has 0 spiro atoms. The summed E-state index contributed by atoms with van der Waals surface area (Å²) >= 11 is 0. The van der Waals surface area contributed by atoms with Crippen molar-refractivity contribution in [1.29, 1.82) is 0 Å². The molecule has 0 radical (unpaired) electrons. The van der Waals surface area contributed by atoms with Crippen LogP contribution in [0.4, 0.5) is 0 Å². The van der Waals surface area contributed by atoms with Gasteiger partial charge in [-0.3, -0.25) is 0 Å². The topological polar surface area (TPSA) is 12.5 Å². The van der Waals surface area contributed by atoms with Crippen LogP contribution in [0, 0.1) is 0 Å². The molecule has 1 atom stereocenters. The van der Waals surface area contributed by atoms with E-state index in [2.05, 4.69) is 85.4 Å². The second-order valence-electron chi connectivity index (χ2n) is 10.4. The highest BCUT2D eigenvalue weighted by Crippen LogP contribution is 2.38. The summed E-state index contributed by atoms with van der Waals surface area (Å²) in [5.74, 6) is 0. The van der Waals surface area contributed by atoms with Gasteiger partial charge < -0.3 is 4.74 Å². The molecule has 1 nitrogen and oxygen atoms in total. The van der Waals surface area contributed by atoms with Gasteiger partial charge in [0.1, 0.15) is 0 Å². The summed E-state index contributed by atoms with van der Waals surface area (Å²) in [5, 5.41) is 0. The molecule has 1 unspecified atom stereocenters. The first-order valence-electron chi connectivity index (χ1n) is 12.7. The number of allylic oxidation sites excluding steroid dienone is 11. The zero-order valence-corrected chi connectivity index (χ0v) is 22.2. The highest BCUT2D eigenvalue weighted by atomic mass is 16.6. The molecule has 1 heteroatoms. The van der Waals surface area contributed by atoms with Crippen molar-refractivity contribution in [3.63, 3.8) is 0 Å². The Morgan fingerprint density at radius 2 is 1.16 bits per heavy atom. The monoisotopic (exact) mass is 438 g/mol. The Labute approximate surface area is 200 Å². The van der Waals surface area contributed by atoms with Gasteiger partial charge >= 0.3 is 0 Å². The summed E-state index contributed by atoms with van der Waals surface area (Å²) in [6.45, 7) is 19.5. The fraction of sp³-hybridized carbons (Fsp3) is 0.613.